The van der Waals surface area contributed by atoms with Crippen LogP contribution >= 0.6 is 0 Å². The van der Waals surface area contributed by atoms with Gasteiger partial charge in [-0.2, -0.15) is 0 Å². The van der Waals surface area contributed by atoms with Gasteiger partial charge < -0.3 is 0 Å². The van der Waals surface area contributed by atoms with E-state index in [1.807, 2.05) is 20.8 Å². The molecule has 10 heavy (non-hydrogen) atoms. The number of nitrogens with zero attached hydrogens (tertiary/aromatic N) is 1. The Balaban J connectivity index is 4.35. The molecule has 0 aliphatic heterocycles. The SMILES string of the molecule is CC=C(C)C(C)=N[C](C)=[W]. The molecule has 0 N–H and O–H groups in total. The third-order valence-electron chi connectivity index (χ3n) is 1.33. The quantitative estimate of drug-likeness (QED) is 0.693. The molecule has 0 saturated carbocycles. The maximum absolute atomic E-state index is 4.35. The minimum absolute atomic E-state index is 1.13. The molecule has 56 valence electrons. The average Bonchev–Trinajstić information content (AvgIpc) is 1.85. The second kappa shape index (κ2) is 4.73. The zero-order valence-electron chi connectivity index (χ0n) is 6.93. The van der Waals surface area contributed by atoms with Crippen molar-refractivity contribution >= 4 is 9.73 Å². The van der Waals surface area contributed by atoms with Crippen LogP contribution in [-0.4, -0.2) is 9.73 Å². The first-order valence-electron chi connectivity index (χ1n) is 3.27. The predicted molar refractivity (Wildman–Crippen MR) is 43.2 cm³/mol. The van der Waals surface area contributed by atoms with Crippen LogP contribution in [0.4, 0.5) is 0 Å². The average molecular weight is 307 g/mol. The first-order valence-corrected chi connectivity index (χ1v) is 4.73. The molecule has 0 aromatic carbocycles. The molecule has 0 radical (unpaired) electrons. The van der Waals surface area contributed by atoms with Crippen LogP contribution in [0, 0.1) is 0 Å². The topological polar surface area (TPSA) is 12.4 Å². The number of rotatable bonds is 2. The van der Waals surface area contributed by atoms with E-state index in [2.05, 4.69) is 18.0 Å². The van der Waals surface area contributed by atoms with Gasteiger partial charge in [0.05, 0.1) is 0 Å². The third-order valence-corrected chi connectivity index (χ3v) is 1.66. The van der Waals surface area contributed by atoms with Crippen LogP contribution in [0.3, 0.4) is 0 Å². The summed E-state index contributed by atoms with van der Waals surface area (Å²) < 4.78 is 1.19. The zero-order valence-corrected chi connectivity index (χ0v) is 9.87. The van der Waals surface area contributed by atoms with E-state index in [-0.39, 0.29) is 0 Å². The standard InChI is InChI=1S/C8H13N.W/c1-5-7(3)8(4)9-6-2;/h5H,1-4H3;. The van der Waals surface area contributed by atoms with E-state index in [1.165, 1.54) is 28.9 Å². The van der Waals surface area contributed by atoms with Crippen molar-refractivity contribution in [3.8, 4) is 0 Å². The first kappa shape index (κ1) is 9.97. The fourth-order valence-electron chi connectivity index (χ4n) is 0.533. The summed E-state index contributed by atoms with van der Waals surface area (Å²) in [6.07, 6.45) is 2.08. The van der Waals surface area contributed by atoms with E-state index in [4.69, 9.17) is 0 Å². The van der Waals surface area contributed by atoms with E-state index in [1.54, 1.807) is 0 Å². The maximum atomic E-state index is 4.35. The summed E-state index contributed by atoms with van der Waals surface area (Å²) in [5.74, 6) is 0. The number of hydrogen-bond donors (Lipinski definition) is 0. The van der Waals surface area contributed by atoms with Crippen molar-refractivity contribution in [3.05, 3.63) is 11.6 Å². The summed E-state index contributed by atoms with van der Waals surface area (Å²) in [5, 5.41) is 0. The summed E-state index contributed by atoms with van der Waals surface area (Å²) in [5.41, 5.74) is 2.40. The molecule has 0 heterocycles. The van der Waals surface area contributed by atoms with Crippen LogP contribution in [0.1, 0.15) is 27.7 Å². The van der Waals surface area contributed by atoms with E-state index in [9.17, 15) is 0 Å². The van der Waals surface area contributed by atoms with Crippen LogP contribution in [0.2, 0.25) is 0 Å². The number of aliphatic imine (C=N–C) groups is 1. The van der Waals surface area contributed by atoms with Gasteiger partial charge in [0.1, 0.15) is 0 Å². The molecule has 0 aromatic heterocycles. The Bertz CT molecular complexity index is 189. The van der Waals surface area contributed by atoms with Gasteiger partial charge in [-0.15, -0.1) is 0 Å². The Morgan fingerprint density at radius 2 is 1.80 bits per heavy atom. The summed E-state index contributed by atoms with van der Waals surface area (Å²) in [6.45, 7) is 8.20. The molecule has 0 saturated heterocycles. The minimum atomic E-state index is 1.13. The molecule has 0 aliphatic rings. The van der Waals surface area contributed by atoms with Gasteiger partial charge in [-0.3, -0.25) is 0 Å². The normalized spacial score (nSPS) is 13.6. The molecule has 0 unspecified atom stereocenters. The molecular weight excluding hydrogens is 294 g/mol. The summed E-state index contributed by atoms with van der Waals surface area (Å²) in [6, 6.07) is 0. The van der Waals surface area contributed by atoms with E-state index < -0.39 is 0 Å². The zero-order chi connectivity index (χ0) is 8.15. The van der Waals surface area contributed by atoms with Crippen LogP contribution in [0.25, 0.3) is 0 Å². The van der Waals surface area contributed by atoms with Crippen molar-refractivity contribution in [2.75, 3.05) is 0 Å². The van der Waals surface area contributed by atoms with Crippen molar-refractivity contribution in [2.24, 2.45) is 4.99 Å². The van der Waals surface area contributed by atoms with Gasteiger partial charge in [-0.25, -0.2) is 0 Å². The van der Waals surface area contributed by atoms with Crippen LogP contribution < -0.4 is 0 Å². The molecule has 0 amide bonds. The fraction of sp³-hybridized carbons (Fsp3) is 0.500. The molecular formula is C8H13NW. The molecule has 0 bridgehead atoms. The van der Waals surface area contributed by atoms with Crippen molar-refractivity contribution in [2.45, 2.75) is 27.7 Å². The van der Waals surface area contributed by atoms with Gasteiger partial charge >= 0.3 is 73.4 Å². The molecule has 0 spiro atoms. The molecule has 0 atom stereocenters. The van der Waals surface area contributed by atoms with Gasteiger partial charge in [-0.1, -0.05) is 0 Å². The Kier molecular flexibility index (Phi) is 4.72. The second-order valence-electron chi connectivity index (χ2n) is 2.19. The van der Waals surface area contributed by atoms with Crippen LogP contribution in [0.15, 0.2) is 16.6 Å². The predicted octanol–water partition coefficient (Wildman–Crippen LogP) is 2.11. The first-order chi connectivity index (χ1) is 4.57. The molecule has 0 aromatic rings. The molecule has 1 nitrogen and oxygen atoms in total. The number of hydrogen-bond acceptors (Lipinski definition) is 1. The monoisotopic (exact) mass is 307 g/mol. The number of allylic oxidation sites excluding steroid dienone is 2. The van der Waals surface area contributed by atoms with Crippen LogP contribution in [-0.2, 0) is 19.4 Å². The van der Waals surface area contributed by atoms with Gasteiger partial charge in [0.25, 0.3) is 0 Å². The third kappa shape index (κ3) is 3.89. The van der Waals surface area contributed by atoms with Crippen molar-refractivity contribution < 1.29 is 19.4 Å². The molecule has 0 rings (SSSR count). The van der Waals surface area contributed by atoms with Crippen molar-refractivity contribution in [1.29, 1.82) is 0 Å². The van der Waals surface area contributed by atoms with Gasteiger partial charge in [0.15, 0.2) is 0 Å². The van der Waals surface area contributed by atoms with E-state index >= 15 is 0 Å². The Morgan fingerprint density at radius 1 is 1.30 bits per heavy atom. The second-order valence-corrected chi connectivity index (χ2v) is 4.31. The van der Waals surface area contributed by atoms with E-state index in [0.29, 0.717) is 0 Å². The van der Waals surface area contributed by atoms with Gasteiger partial charge in [0, 0.05) is 0 Å². The van der Waals surface area contributed by atoms with Gasteiger partial charge in [-0.05, 0) is 0 Å². The van der Waals surface area contributed by atoms with Crippen molar-refractivity contribution in [3.63, 3.8) is 0 Å². The Hall–Kier alpha value is -0.0317. The molecule has 2 heteroatoms. The van der Waals surface area contributed by atoms with Crippen LogP contribution in [0.5, 0.6) is 0 Å². The van der Waals surface area contributed by atoms with Crippen molar-refractivity contribution in [1.82, 2.24) is 0 Å². The van der Waals surface area contributed by atoms with E-state index in [0.717, 1.165) is 5.71 Å². The molecule has 0 fully saturated rings. The fourth-order valence-corrected chi connectivity index (χ4v) is 1.03. The molecule has 0 aliphatic carbocycles. The van der Waals surface area contributed by atoms with Gasteiger partial charge in [0.2, 0.25) is 0 Å². The summed E-state index contributed by atoms with van der Waals surface area (Å²) in [4.78, 5) is 4.35. The Labute approximate surface area is 73.7 Å². The summed E-state index contributed by atoms with van der Waals surface area (Å²) in [7, 11) is 0. The Morgan fingerprint density at radius 3 is 2.10 bits per heavy atom. The summed E-state index contributed by atoms with van der Waals surface area (Å²) >= 11 is 1.44.